The fourth-order valence-corrected chi connectivity index (χ4v) is 7.69. The van der Waals surface area contributed by atoms with Crippen LogP contribution in [0.5, 0.6) is 0 Å². The number of benzene rings is 1. The number of carbonyl (C=O) groups is 3. The lowest BCUT2D eigenvalue weighted by atomic mass is 9.98. The van der Waals surface area contributed by atoms with Crippen molar-refractivity contribution in [3.8, 4) is 0 Å². The standard InChI is InChI=1S/C27H35N3O7S2/c1-5-37-26(32)19-10-14-30(15-11-19)39(34,35)20-8-6-18(7-9-20)24(31)28-25-23(27(33)36-4)21-12-13-29(17(2)3)16-22(21)38-25/h6-9,17,19H,5,10-16H2,1-4H3,(H,28,31). The van der Waals surface area contributed by atoms with E-state index in [1.807, 2.05) is 0 Å². The zero-order valence-electron chi connectivity index (χ0n) is 22.7. The first-order valence-corrected chi connectivity index (χ1v) is 15.4. The Balaban J connectivity index is 1.47. The van der Waals surface area contributed by atoms with Crippen LogP contribution in [0, 0.1) is 5.92 Å². The van der Waals surface area contributed by atoms with E-state index in [2.05, 4.69) is 24.1 Å². The number of thiophene rings is 1. The number of rotatable bonds is 8. The molecule has 2 aromatic rings. The molecule has 0 saturated carbocycles. The summed E-state index contributed by atoms with van der Waals surface area (Å²) < 4.78 is 37.7. The normalized spacial score (nSPS) is 17.1. The third-order valence-electron chi connectivity index (χ3n) is 7.26. The minimum atomic E-state index is -3.77. The number of amides is 1. The highest BCUT2D eigenvalue weighted by molar-refractivity contribution is 7.89. The molecule has 39 heavy (non-hydrogen) atoms. The maximum absolute atomic E-state index is 13.2. The molecule has 1 aromatic heterocycles. The Kier molecular flexibility index (Phi) is 9.10. The summed E-state index contributed by atoms with van der Waals surface area (Å²) in [5.74, 6) is -1.52. The number of esters is 2. The number of carbonyl (C=O) groups excluding carboxylic acids is 3. The van der Waals surface area contributed by atoms with Gasteiger partial charge in [-0.3, -0.25) is 14.5 Å². The van der Waals surface area contributed by atoms with Gasteiger partial charge in [-0.25, -0.2) is 13.2 Å². The van der Waals surface area contributed by atoms with E-state index < -0.39 is 21.9 Å². The van der Waals surface area contributed by atoms with Crippen LogP contribution in [0.25, 0.3) is 0 Å². The molecule has 0 atom stereocenters. The molecule has 3 heterocycles. The average Bonchev–Trinajstić information content (AvgIpc) is 3.29. The number of hydrogen-bond acceptors (Lipinski definition) is 9. The smallest absolute Gasteiger partial charge is 0.341 e. The van der Waals surface area contributed by atoms with Crippen molar-refractivity contribution < 1.29 is 32.3 Å². The zero-order valence-corrected chi connectivity index (χ0v) is 24.3. The quantitative estimate of drug-likeness (QED) is 0.473. The summed E-state index contributed by atoms with van der Waals surface area (Å²) >= 11 is 1.37. The molecule has 2 aliphatic heterocycles. The van der Waals surface area contributed by atoms with Crippen molar-refractivity contribution in [3.05, 3.63) is 45.8 Å². The molecule has 0 aliphatic carbocycles. The minimum absolute atomic E-state index is 0.0734. The highest BCUT2D eigenvalue weighted by Crippen LogP contribution is 2.38. The van der Waals surface area contributed by atoms with Crippen LogP contribution in [0.2, 0.25) is 0 Å². The van der Waals surface area contributed by atoms with Crippen LogP contribution in [-0.2, 0) is 37.3 Å². The predicted molar refractivity (Wildman–Crippen MR) is 147 cm³/mol. The Hall–Kier alpha value is -2.80. The van der Waals surface area contributed by atoms with E-state index in [1.165, 1.54) is 47.0 Å². The molecule has 2 aliphatic rings. The van der Waals surface area contributed by atoms with Crippen molar-refractivity contribution in [3.63, 3.8) is 0 Å². The number of fused-ring (bicyclic) bond motifs is 1. The second-order valence-electron chi connectivity index (χ2n) is 9.92. The number of hydrogen-bond donors (Lipinski definition) is 1. The Labute approximate surface area is 233 Å². The van der Waals surface area contributed by atoms with Crippen molar-refractivity contribution in [2.75, 3.05) is 38.7 Å². The van der Waals surface area contributed by atoms with E-state index in [0.717, 1.165) is 17.0 Å². The van der Waals surface area contributed by atoms with Crippen molar-refractivity contribution >= 4 is 44.2 Å². The van der Waals surface area contributed by atoms with Crippen LogP contribution >= 0.6 is 11.3 Å². The summed E-state index contributed by atoms with van der Waals surface area (Å²) in [6, 6.07) is 6.09. The summed E-state index contributed by atoms with van der Waals surface area (Å²) in [6.07, 6.45) is 1.50. The minimum Gasteiger partial charge on any atom is -0.466 e. The van der Waals surface area contributed by atoms with E-state index in [0.29, 0.717) is 49.0 Å². The first-order chi connectivity index (χ1) is 18.6. The van der Waals surface area contributed by atoms with Gasteiger partial charge in [0.25, 0.3) is 5.91 Å². The van der Waals surface area contributed by atoms with Gasteiger partial charge in [0.1, 0.15) is 5.00 Å². The lowest BCUT2D eigenvalue weighted by Gasteiger charge is -2.30. The van der Waals surface area contributed by atoms with Gasteiger partial charge < -0.3 is 14.8 Å². The van der Waals surface area contributed by atoms with Crippen molar-refractivity contribution in [2.24, 2.45) is 5.92 Å². The highest BCUT2D eigenvalue weighted by Gasteiger charge is 2.33. The molecule has 0 spiro atoms. The topological polar surface area (TPSA) is 122 Å². The maximum Gasteiger partial charge on any atom is 0.341 e. The molecular weight excluding hydrogens is 542 g/mol. The molecule has 10 nitrogen and oxygen atoms in total. The van der Waals surface area contributed by atoms with Crippen LogP contribution in [0.3, 0.4) is 0 Å². The number of sulfonamides is 1. The van der Waals surface area contributed by atoms with Gasteiger partial charge in [0.2, 0.25) is 10.0 Å². The number of nitrogens with zero attached hydrogens (tertiary/aromatic N) is 2. The van der Waals surface area contributed by atoms with E-state index in [4.69, 9.17) is 9.47 Å². The Morgan fingerprint density at radius 1 is 1.10 bits per heavy atom. The van der Waals surface area contributed by atoms with Gasteiger partial charge in [0.15, 0.2) is 0 Å². The number of methoxy groups -OCH3 is 1. The molecule has 1 saturated heterocycles. The first-order valence-electron chi connectivity index (χ1n) is 13.1. The third kappa shape index (κ3) is 6.19. The van der Waals surface area contributed by atoms with E-state index in [1.54, 1.807) is 6.92 Å². The van der Waals surface area contributed by atoms with E-state index >= 15 is 0 Å². The van der Waals surface area contributed by atoms with Gasteiger partial charge in [0, 0.05) is 42.7 Å². The maximum atomic E-state index is 13.2. The average molecular weight is 578 g/mol. The van der Waals surface area contributed by atoms with Gasteiger partial charge in [0.05, 0.1) is 30.1 Å². The Bertz CT molecular complexity index is 1330. The summed E-state index contributed by atoms with van der Waals surface area (Å²) in [5.41, 5.74) is 1.56. The number of ether oxygens (including phenoxy) is 2. The van der Waals surface area contributed by atoms with Gasteiger partial charge in [-0.15, -0.1) is 11.3 Å². The lowest BCUT2D eigenvalue weighted by Crippen LogP contribution is -2.40. The molecule has 0 unspecified atom stereocenters. The van der Waals surface area contributed by atoms with Gasteiger partial charge in [-0.1, -0.05) is 0 Å². The summed E-state index contributed by atoms with van der Waals surface area (Å²) in [7, 11) is -2.46. The van der Waals surface area contributed by atoms with E-state index in [-0.39, 0.29) is 35.4 Å². The Morgan fingerprint density at radius 3 is 2.36 bits per heavy atom. The fraction of sp³-hybridized carbons (Fsp3) is 0.519. The van der Waals surface area contributed by atoms with Gasteiger partial charge in [-0.05, 0) is 69.9 Å². The Morgan fingerprint density at radius 2 is 1.77 bits per heavy atom. The number of nitrogens with one attached hydrogen (secondary N) is 1. The van der Waals surface area contributed by atoms with Gasteiger partial charge in [-0.2, -0.15) is 4.31 Å². The number of piperidine rings is 1. The van der Waals surface area contributed by atoms with Crippen LogP contribution in [0.4, 0.5) is 5.00 Å². The molecule has 212 valence electrons. The van der Waals surface area contributed by atoms with Crippen molar-refractivity contribution in [1.82, 2.24) is 9.21 Å². The first kappa shape index (κ1) is 29.2. The zero-order chi connectivity index (χ0) is 28.3. The summed E-state index contributed by atoms with van der Waals surface area (Å²) in [6.45, 7) is 8.25. The number of anilines is 1. The third-order valence-corrected chi connectivity index (χ3v) is 10.3. The van der Waals surface area contributed by atoms with Gasteiger partial charge >= 0.3 is 11.9 Å². The van der Waals surface area contributed by atoms with E-state index in [9.17, 15) is 22.8 Å². The predicted octanol–water partition coefficient (Wildman–Crippen LogP) is 3.52. The van der Waals surface area contributed by atoms with Crippen molar-refractivity contribution in [1.29, 1.82) is 0 Å². The molecule has 0 radical (unpaired) electrons. The van der Waals surface area contributed by atoms with Crippen LogP contribution < -0.4 is 5.32 Å². The SMILES string of the molecule is CCOC(=O)C1CCN(S(=O)(=O)c2ccc(C(=O)Nc3sc4c(c3C(=O)OC)CCN(C(C)C)C4)cc2)CC1. The molecule has 0 bridgehead atoms. The monoisotopic (exact) mass is 577 g/mol. The molecular formula is C27H35N3O7S2. The van der Waals surface area contributed by atoms with Crippen LogP contribution in [-0.4, -0.2) is 74.9 Å². The fourth-order valence-electron chi connectivity index (χ4n) is 4.96. The summed E-state index contributed by atoms with van der Waals surface area (Å²) in [5, 5.41) is 3.28. The summed E-state index contributed by atoms with van der Waals surface area (Å²) in [4.78, 5) is 41.1. The molecule has 4 rings (SSSR count). The molecule has 1 N–H and O–H groups in total. The second kappa shape index (κ2) is 12.2. The lowest BCUT2D eigenvalue weighted by molar-refractivity contribution is -0.149. The molecule has 1 fully saturated rings. The van der Waals surface area contributed by atoms with Crippen LogP contribution in [0.1, 0.15) is 64.8 Å². The van der Waals surface area contributed by atoms with Crippen molar-refractivity contribution in [2.45, 2.75) is 57.5 Å². The molecule has 1 amide bonds. The largest absolute Gasteiger partial charge is 0.466 e. The van der Waals surface area contributed by atoms with Crippen LogP contribution in [0.15, 0.2) is 29.2 Å². The molecule has 1 aromatic carbocycles. The second-order valence-corrected chi connectivity index (χ2v) is 13.0. The molecule has 12 heteroatoms. The highest BCUT2D eigenvalue weighted by atomic mass is 32.2.